The molecule has 0 saturated heterocycles. The van der Waals surface area contributed by atoms with Crippen LogP contribution >= 0.6 is 0 Å². The molecule has 0 spiro atoms. The van der Waals surface area contributed by atoms with Crippen LogP contribution in [0.25, 0.3) is 0 Å². The van der Waals surface area contributed by atoms with Crippen LogP contribution in [0.15, 0.2) is 4.99 Å². The molecule has 0 N–H and O–H groups in total. The predicted octanol–water partition coefficient (Wildman–Crippen LogP) is 7.73. The third-order valence-corrected chi connectivity index (χ3v) is 4.64. The molecule has 0 aliphatic rings. The first-order chi connectivity index (χ1) is 10.8. The molecular weight excluding hydrogens is 266 g/mol. The Morgan fingerprint density at radius 3 is 1.32 bits per heavy atom. The van der Waals surface area contributed by atoms with E-state index in [1.54, 1.807) is 0 Å². The molecule has 0 radical (unpaired) electrons. The van der Waals surface area contributed by atoms with Crippen molar-refractivity contribution in [2.75, 3.05) is 0 Å². The van der Waals surface area contributed by atoms with Gasteiger partial charge in [-0.15, -0.1) is 0 Å². The van der Waals surface area contributed by atoms with Crippen molar-refractivity contribution in [3.8, 4) is 0 Å². The first-order valence-electron chi connectivity index (χ1n) is 10.3. The molecule has 0 amide bonds. The molecule has 0 aromatic rings. The van der Waals surface area contributed by atoms with Gasteiger partial charge in [-0.1, -0.05) is 104 Å². The maximum Gasteiger partial charge on any atom is 0.0495 e. The van der Waals surface area contributed by atoms with Crippen molar-refractivity contribution < 1.29 is 0 Å². The van der Waals surface area contributed by atoms with E-state index in [9.17, 15) is 0 Å². The molecule has 0 saturated carbocycles. The fourth-order valence-corrected chi connectivity index (χ4v) is 3.18. The van der Waals surface area contributed by atoms with Gasteiger partial charge < -0.3 is 0 Å². The smallest absolute Gasteiger partial charge is 0.0495 e. The van der Waals surface area contributed by atoms with Gasteiger partial charge >= 0.3 is 0 Å². The minimum atomic E-state index is 0.608. The Morgan fingerprint density at radius 1 is 0.591 bits per heavy atom. The molecule has 0 aliphatic carbocycles. The summed E-state index contributed by atoms with van der Waals surface area (Å²) in [6, 6.07) is 0.608. The van der Waals surface area contributed by atoms with Gasteiger partial charge in [0.15, 0.2) is 0 Å². The van der Waals surface area contributed by atoms with Crippen LogP contribution in [0, 0.1) is 0 Å². The van der Waals surface area contributed by atoms with E-state index in [4.69, 9.17) is 4.99 Å². The predicted molar refractivity (Wildman–Crippen MR) is 103 cm³/mol. The van der Waals surface area contributed by atoms with E-state index in [0.717, 1.165) is 0 Å². The SMILES string of the molecule is CC=NC(CCCCCCCCC)CCCCCCCCC. The molecule has 0 rings (SSSR count). The molecule has 0 heterocycles. The lowest BCUT2D eigenvalue weighted by molar-refractivity contribution is 0.484. The van der Waals surface area contributed by atoms with Crippen LogP contribution in [0.5, 0.6) is 0 Å². The lowest BCUT2D eigenvalue weighted by Gasteiger charge is -2.12. The summed E-state index contributed by atoms with van der Waals surface area (Å²) in [5.41, 5.74) is 0. The third-order valence-electron chi connectivity index (χ3n) is 4.64. The maximum absolute atomic E-state index is 4.69. The Kier molecular flexibility index (Phi) is 18.4. The quantitative estimate of drug-likeness (QED) is 0.192. The van der Waals surface area contributed by atoms with Crippen LogP contribution < -0.4 is 0 Å². The van der Waals surface area contributed by atoms with Gasteiger partial charge in [0.25, 0.3) is 0 Å². The summed E-state index contributed by atoms with van der Waals surface area (Å²) in [5.74, 6) is 0. The molecular formula is C21H43N. The summed E-state index contributed by atoms with van der Waals surface area (Å²) >= 11 is 0. The van der Waals surface area contributed by atoms with Crippen molar-refractivity contribution in [1.29, 1.82) is 0 Å². The van der Waals surface area contributed by atoms with Crippen molar-refractivity contribution in [3.05, 3.63) is 0 Å². The fraction of sp³-hybridized carbons (Fsp3) is 0.952. The van der Waals surface area contributed by atoms with Gasteiger partial charge in [-0.2, -0.15) is 0 Å². The second kappa shape index (κ2) is 18.7. The number of unbranched alkanes of at least 4 members (excludes halogenated alkanes) is 12. The van der Waals surface area contributed by atoms with Crippen molar-refractivity contribution in [3.63, 3.8) is 0 Å². The summed E-state index contributed by atoms with van der Waals surface area (Å²) < 4.78 is 0. The van der Waals surface area contributed by atoms with Gasteiger partial charge in [0.1, 0.15) is 0 Å². The van der Waals surface area contributed by atoms with E-state index >= 15 is 0 Å². The highest BCUT2D eigenvalue weighted by atomic mass is 14.8. The van der Waals surface area contributed by atoms with E-state index in [1.807, 2.05) is 6.21 Å². The van der Waals surface area contributed by atoms with E-state index in [0.29, 0.717) is 6.04 Å². The standard InChI is InChI=1S/C21H43N/c1-4-7-9-11-13-15-17-19-21(22-6-3)20-18-16-14-12-10-8-5-2/h6,21H,4-5,7-20H2,1-3H3. The average Bonchev–Trinajstić information content (AvgIpc) is 2.53. The number of nitrogens with zero attached hydrogens (tertiary/aromatic N) is 1. The van der Waals surface area contributed by atoms with Crippen LogP contribution in [0.2, 0.25) is 0 Å². The Morgan fingerprint density at radius 2 is 0.955 bits per heavy atom. The highest BCUT2D eigenvalue weighted by Gasteiger charge is 2.05. The molecule has 0 aromatic heterocycles. The summed E-state index contributed by atoms with van der Waals surface area (Å²) in [6.07, 6.45) is 24.4. The molecule has 22 heavy (non-hydrogen) atoms. The van der Waals surface area contributed by atoms with Gasteiger partial charge in [0.2, 0.25) is 0 Å². The molecule has 1 nitrogen and oxygen atoms in total. The van der Waals surface area contributed by atoms with E-state index in [2.05, 4.69) is 20.8 Å². The highest BCUT2D eigenvalue weighted by molar-refractivity contribution is 5.53. The van der Waals surface area contributed by atoms with Crippen molar-refractivity contribution in [1.82, 2.24) is 0 Å². The highest BCUT2D eigenvalue weighted by Crippen LogP contribution is 2.16. The number of rotatable bonds is 17. The normalized spacial score (nSPS) is 11.8. The van der Waals surface area contributed by atoms with Crippen LogP contribution in [-0.2, 0) is 0 Å². The van der Waals surface area contributed by atoms with E-state index < -0.39 is 0 Å². The Hall–Kier alpha value is -0.330. The number of hydrogen-bond acceptors (Lipinski definition) is 1. The zero-order valence-electron chi connectivity index (χ0n) is 15.9. The monoisotopic (exact) mass is 309 g/mol. The molecule has 0 aromatic carbocycles. The molecule has 0 fully saturated rings. The topological polar surface area (TPSA) is 12.4 Å². The number of aliphatic imine (C=N–C) groups is 1. The lowest BCUT2D eigenvalue weighted by atomic mass is 10.0. The number of hydrogen-bond donors (Lipinski definition) is 0. The van der Waals surface area contributed by atoms with Gasteiger partial charge in [-0.3, -0.25) is 4.99 Å². The van der Waals surface area contributed by atoms with E-state index in [-0.39, 0.29) is 0 Å². The second-order valence-electron chi connectivity index (χ2n) is 6.88. The zero-order valence-corrected chi connectivity index (χ0v) is 15.9. The maximum atomic E-state index is 4.69. The second-order valence-corrected chi connectivity index (χ2v) is 6.88. The minimum absolute atomic E-state index is 0.608. The van der Waals surface area contributed by atoms with Crippen molar-refractivity contribution >= 4 is 6.21 Å². The van der Waals surface area contributed by atoms with Gasteiger partial charge in [-0.05, 0) is 26.0 Å². The van der Waals surface area contributed by atoms with E-state index in [1.165, 1.54) is 103 Å². The zero-order chi connectivity index (χ0) is 16.3. The Bertz CT molecular complexity index is 204. The first-order valence-corrected chi connectivity index (χ1v) is 10.3. The Labute approximate surface area is 141 Å². The summed E-state index contributed by atoms with van der Waals surface area (Å²) in [6.45, 7) is 6.65. The molecule has 0 bridgehead atoms. The van der Waals surface area contributed by atoms with Crippen LogP contribution in [0.3, 0.4) is 0 Å². The molecule has 0 aliphatic heterocycles. The first kappa shape index (κ1) is 21.7. The molecule has 0 atom stereocenters. The summed E-state index contributed by atoms with van der Waals surface area (Å²) in [5, 5.41) is 0. The minimum Gasteiger partial charge on any atom is -0.295 e. The summed E-state index contributed by atoms with van der Waals surface area (Å²) in [4.78, 5) is 4.69. The van der Waals surface area contributed by atoms with Gasteiger partial charge in [0.05, 0.1) is 0 Å². The van der Waals surface area contributed by atoms with Crippen molar-refractivity contribution in [2.45, 2.75) is 130 Å². The molecule has 132 valence electrons. The van der Waals surface area contributed by atoms with Gasteiger partial charge in [0, 0.05) is 6.04 Å². The Balaban J connectivity index is 3.48. The third kappa shape index (κ3) is 16.0. The average molecular weight is 310 g/mol. The summed E-state index contributed by atoms with van der Waals surface area (Å²) in [7, 11) is 0. The fourth-order valence-electron chi connectivity index (χ4n) is 3.18. The largest absolute Gasteiger partial charge is 0.295 e. The van der Waals surface area contributed by atoms with Crippen LogP contribution in [0.1, 0.15) is 124 Å². The van der Waals surface area contributed by atoms with Crippen molar-refractivity contribution in [2.24, 2.45) is 4.99 Å². The lowest BCUT2D eigenvalue weighted by Crippen LogP contribution is -2.04. The van der Waals surface area contributed by atoms with Crippen LogP contribution in [-0.4, -0.2) is 12.3 Å². The molecule has 0 unspecified atom stereocenters. The van der Waals surface area contributed by atoms with Gasteiger partial charge in [-0.25, -0.2) is 0 Å². The van der Waals surface area contributed by atoms with Crippen LogP contribution in [0.4, 0.5) is 0 Å². The molecule has 1 heteroatoms.